The van der Waals surface area contributed by atoms with Gasteiger partial charge in [0, 0.05) is 19.8 Å². The lowest BCUT2D eigenvalue weighted by Crippen LogP contribution is -2.72. The third-order valence-corrected chi connectivity index (χ3v) is 7.70. The number of imide groups is 1. The fourth-order valence-electron chi connectivity index (χ4n) is 4.45. The van der Waals surface area contributed by atoms with Crippen LogP contribution in [0.2, 0.25) is 0 Å². The van der Waals surface area contributed by atoms with Gasteiger partial charge >= 0.3 is 12.0 Å². The molecule has 0 saturated carbocycles. The zero-order valence-electron chi connectivity index (χ0n) is 21.6. The summed E-state index contributed by atoms with van der Waals surface area (Å²) in [5, 5.41) is 9.16. The minimum atomic E-state index is -0.612. The quantitative estimate of drug-likeness (QED) is 0.431. The van der Waals surface area contributed by atoms with Gasteiger partial charge in [-0.1, -0.05) is 12.1 Å². The maximum Gasteiger partial charge on any atom is 0.338 e. The zero-order valence-corrected chi connectivity index (χ0v) is 22.4. The summed E-state index contributed by atoms with van der Waals surface area (Å²) < 4.78 is 10.2. The van der Waals surface area contributed by atoms with Crippen LogP contribution in [0.25, 0.3) is 0 Å². The molecule has 0 bridgehead atoms. The Morgan fingerprint density at radius 1 is 1.03 bits per heavy atom. The van der Waals surface area contributed by atoms with E-state index in [2.05, 4.69) is 16.0 Å². The molecule has 2 aliphatic heterocycles. The number of carbonyl (C=O) groups is 4. The highest BCUT2D eigenvalue weighted by molar-refractivity contribution is 8.00. The predicted molar refractivity (Wildman–Crippen MR) is 142 cm³/mol. The second-order valence-corrected chi connectivity index (χ2v) is 10.0. The Morgan fingerprint density at radius 3 is 2.34 bits per heavy atom. The van der Waals surface area contributed by atoms with Crippen molar-refractivity contribution in [3.63, 3.8) is 0 Å². The van der Waals surface area contributed by atoms with Gasteiger partial charge in [-0.05, 0) is 48.9 Å². The minimum Gasteiger partial charge on any atom is -0.497 e. The van der Waals surface area contributed by atoms with Crippen LogP contribution in [0.1, 0.15) is 29.0 Å². The number of hydrogen-bond donors (Lipinski definition) is 3. The first-order valence-electron chi connectivity index (χ1n) is 12.1. The lowest BCUT2D eigenvalue weighted by atomic mass is 9.96. The van der Waals surface area contributed by atoms with Crippen LogP contribution in [-0.2, 0) is 14.3 Å². The van der Waals surface area contributed by atoms with E-state index in [1.165, 1.54) is 23.7 Å². The lowest BCUT2D eigenvalue weighted by Gasteiger charge is -2.50. The second-order valence-electron chi connectivity index (χ2n) is 8.88. The van der Waals surface area contributed by atoms with Crippen molar-refractivity contribution in [3.05, 3.63) is 59.7 Å². The molecule has 2 aromatic carbocycles. The number of nitrogens with zero attached hydrogens (tertiary/aromatic N) is 2. The highest BCUT2D eigenvalue weighted by Gasteiger charge is 2.51. The van der Waals surface area contributed by atoms with Crippen molar-refractivity contribution in [2.45, 2.75) is 24.6 Å². The van der Waals surface area contributed by atoms with Gasteiger partial charge in [0.15, 0.2) is 0 Å². The van der Waals surface area contributed by atoms with E-state index in [-0.39, 0.29) is 30.3 Å². The number of thioether (sulfide) groups is 1. The first kappa shape index (κ1) is 27.4. The average Bonchev–Trinajstić information content (AvgIpc) is 2.93. The van der Waals surface area contributed by atoms with E-state index in [9.17, 15) is 19.2 Å². The summed E-state index contributed by atoms with van der Waals surface area (Å²) in [7, 11) is 4.70. The van der Waals surface area contributed by atoms with Crippen LogP contribution >= 0.6 is 11.8 Å². The van der Waals surface area contributed by atoms with E-state index in [4.69, 9.17) is 9.47 Å². The number of fused-ring (bicyclic) bond motifs is 1. The molecule has 0 spiro atoms. The van der Waals surface area contributed by atoms with Crippen LogP contribution in [-0.4, -0.2) is 78.7 Å². The van der Waals surface area contributed by atoms with Gasteiger partial charge in [0.05, 0.1) is 48.7 Å². The molecular weight excluding hydrogens is 510 g/mol. The molecule has 0 radical (unpaired) electrons. The number of esters is 1. The molecule has 0 aliphatic carbocycles. The largest absolute Gasteiger partial charge is 0.497 e. The number of hydrogen-bond acceptors (Lipinski definition) is 9. The zero-order chi connectivity index (χ0) is 27.4. The first-order chi connectivity index (χ1) is 18.2. The molecule has 11 nitrogen and oxygen atoms in total. The third kappa shape index (κ3) is 5.77. The molecule has 4 amide bonds. The van der Waals surface area contributed by atoms with Crippen molar-refractivity contribution in [1.29, 1.82) is 0 Å². The summed E-state index contributed by atoms with van der Waals surface area (Å²) in [5.74, 6) is -0.855. The van der Waals surface area contributed by atoms with Crippen LogP contribution in [0, 0.1) is 5.92 Å². The Kier molecular flexibility index (Phi) is 8.55. The van der Waals surface area contributed by atoms with Crippen LogP contribution in [0.5, 0.6) is 5.75 Å². The number of nitrogens with one attached hydrogen (secondary N) is 3. The summed E-state index contributed by atoms with van der Waals surface area (Å²) in [6.07, 6.45) is -0.930. The topological polar surface area (TPSA) is 129 Å². The molecule has 2 saturated heterocycles. The number of ether oxygens (including phenoxy) is 2. The van der Waals surface area contributed by atoms with Gasteiger partial charge in [0.2, 0.25) is 11.8 Å². The van der Waals surface area contributed by atoms with Gasteiger partial charge in [0.1, 0.15) is 5.75 Å². The normalized spacial score (nSPS) is 23.1. The van der Waals surface area contributed by atoms with Gasteiger partial charge in [-0.25, -0.2) is 9.59 Å². The predicted octanol–water partition coefficient (Wildman–Crippen LogP) is 2.23. The van der Waals surface area contributed by atoms with Crippen LogP contribution in [0.4, 0.5) is 10.5 Å². The van der Waals surface area contributed by atoms with E-state index in [1.54, 1.807) is 45.3 Å². The number of benzene rings is 2. The number of methoxy groups -OCH3 is 1. The van der Waals surface area contributed by atoms with Gasteiger partial charge in [-0.3, -0.25) is 25.1 Å². The van der Waals surface area contributed by atoms with Gasteiger partial charge < -0.3 is 19.7 Å². The Labute approximate surface area is 225 Å². The monoisotopic (exact) mass is 541 g/mol. The van der Waals surface area contributed by atoms with Crippen molar-refractivity contribution in [2.75, 3.05) is 38.9 Å². The van der Waals surface area contributed by atoms with E-state index in [0.29, 0.717) is 17.0 Å². The number of rotatable bonds is 8. The van der Waals surface area contributed by atoms with Gasteiger partial charge in [0.25, 0.3) is 0 Å². The SMILES string of the molecule is CCOC(=O)c1ccc(NC(=O)CSC2NC(c3ccc(OC)cc3)NC3C2C(=O)N(C)C(=O)N3C)cc1. The van der Waals surface area contributed by atoms with E-state index in [0.717, 1.165) is 10.5 Å². The Balaban J connectivity index is 1.47. The maximum atomic E-state index is 13.2. The standard InChI is InChI=1S/C26H31N5O6S/c1-5-37-25(34)16-6-10-17(11-7-16)27-19(32)14-38-23-20-22(30(2)26(35)31(3)24(20)33)28-21(29-23)15-8-12-18(36-4)13-9-15/h6-13,20-23,28-29H,5,14H2,1-4H3,(H,27,32). The summed E-state index contributed by atoms with van der Waals surface area (Å²) in [6, 6.07) is 13.5. The molecule has 2 aliphatic rings. The Hall–Kier alpha value is -3.61. The van der Waals surface area contributed by atoms with Crippen LogP contribution in [0.3, 0.4) is 0 Å². The Bertz CT molecular complexity index is 1190. The van der Waals surface area contributed by atoms with Crippen LogP contribution in [0.15, 0.2) is 48.5 Å². The summed E-state index contributed by atoms with van der Waals surface area (Å²) in [4.78, 5) is 53.0. The molecule has 3 N–H and O–H groups in total. The molecule has 2 fully saturated rings. The molecule has 4 unspecified atom stereocenters. The van der Waals surface area contributed by atoms with Crippen molar-refractivity contribution < 1.29 is 28.7 Å². The molecule has 0 aromatic heterocycles. The van der Waals surface area contributed by atoms with E-state index < -0.39 is 29.5 Å². The maximum absolute atomic E-state index is 13.2. The number of amides is 4. The molecule has 4 rings (SSSR count). The van der Waals surface area contributed by atoms with Crippen LogP contribution < -0.4 is 20.7 Å². The van der Waals surface area contributed by atoms with Gasteiger partial charge in [-0.15, -0.1) is 11.8 Å². The van der Waals surface area contributed by atoms with Crippen molar-refractivity contribution in [2.24, 2.45) is 5.92 Å². The lowest BCUT2D eigenvalue weighted by molar-refractivity contribution is -0.140. The summed E-state index contributed by atoms with van der Waals surface area (Å²) >= 11 is 1.29. The van der Waals surface area contributed by atoms with Crippen molar-refractivity contribution in [1.82, 2.24) is 20.4 Å². The Morgan fingerprint density at radius 2 is 1.71 bits per heavy atom. The highest BCUT2D eigenvalue weighted by Crippen LogP contribution is 2.34. The molecule has 38 heavy (non-hydrogen) atoms. The highest BCUT2D eigenvalue weighted by atomic mass is 32.2. The van der Waals surface area contributed by atoms with Crippen molar-refractivity contribution >= 4 is 41.3 Å². The first-order valence-corrected chi connectivity index (χ1v) is 13.2. The van der Waals surface area contributed by atoms with Crippen molar-refractivity contribution in [3.8, 4) is 5.75 Å². The average molecular weight is 542 g/mol. The molecule has 2 heterocycles. The third-order valence-electron chi connectivity index (χ3n) is 6.48. The fourth-order valence-corrected chi connectivity index (χ4v) is 5.56. The smallest absolute Gasteiger partial charge is 0.338 e. The van der Waals surface area contributed by atoms with E-state index in [1.807, 2.05) is 24.3 Å². The number of carbonyl (C=O) groups excluding carboxylic acids is 4. The fraction of sp³-hybridized carbons (Fsp3) is 0.385. The molecular formula is C26H31N5O6S. The molecule has 4 atom stereocenters. The summed E-state index contributed by atoms with van der Waals surface area (Å²) in [6.45, 7) is 2.01. The van der Waals surface area contributed by atoms with E-state index >= 15 is 0 Å². The second kappa shape index (κ2) is 11.8. The molecule has 202 valence electrons. The minimum absolute atomic E-state index is 0.0600. The van der Waals surface area contributed by atoms with Gasteiger partial charge in [-0.2, -0.15) is 0 Å². The molecule has 2 aromatic rings. The number of urea groups is 1. The number of anilines is 1. The summed E-state index contributed by atoms with van der Waals surface area (Å²) in [5.41, 5.74) is 1.83. The molecule has 12 heteroatoms.